The lowest BCUT2D eigenvalue weighted by molar-refractivity contribution is 0.178. The van der Waals surface area contributed by atoms with Crippen LogP contribution in [0.1, 0.15) is 30.1 Å². The quantitative estimate of drug-likeness (QED) is 0.634. The highest BCUT2D eigenvalue weighted by molar-refractivity contribution is 5.75. The predicted octanol–water partition coefficient (Wildman–Crippen LogP) is 2.90. The first-order valence-electron chi connectivity index (χ1n) is 9.43. The van der Waals surface area contributed by atoms with E-state index >= 15 is 0 Å². The summed E-state index contributed by atoms with van der Waals surface area (Å²) >= 11 is 0. The number of benzene rings is 1. The first-order valence-corrected chi connectivity index (χ1v) is 9.43. The molecule has 1 aliphatic heterocycles. The average molecular weight is 380 g/mol. The Bertz CT molecular complexity index is 903. The van der Waals surface area contributed by atoms with Gasteiger partial charge in [0.2, 0.25) is 0 Å². The van der Waals surface area contributed by atoms with Crippen molar-refractivity contribution in [2.75, 3.05) is 20.2 Å². The number of methoxy groups -OCH3 is 1. The molecule has 8 nitrogen and oxygen atoms in total. The Morgan fingerprint density at radius 2 is 2.21 bits per heavy atom. The Morgan fingerprint density at radius 1 is 1.36 bits per heavy atom. The van der Waals surface area contributed by atoms with E-state index in [1.807, 2.05) is 35.4 Å². The Kier molecular flexibility index (Phi) is 5.27. The molecule has 1 fully saturated rings. The minimum absolute atomic E-state index is 0.0573. The molecule has 0 unspecified atom stereocenters. The van der Waals surface area contributed by atoms with Crippen LogP contribution in [0.3, 0.4) is 0 Å². The highest BCUT2D eigenvalue weighted by Crippen LogP contribution is 2.25. The number of likely N-dealkylation sites (tertiary alicyclic amines) is 1. The van der Waals surface area contributed by atoms with Gasteiger partial charge in [0, 0.05) is 49.1 Å². The third-order valence-corrected chi connectivity index (χ3v) is 5.14. The molecule has 3 heterocycles. The van der Waals surface area contributed by atoms with Crippen LogP contribution in [0.25, 0.3) is 11.3 Å². The number of imidazole rings is 1. The fourth-order valence-electron chi connectivity index (χ4n) is 3.62. The van der Waals surface area contributed by atoms with E-state index in [2.05, 4.69) is 25.5 Å². The first-order chi connectivity index (χ1) is 13.7. The largest absolute Gasteiger partial charge is 0.497 e. The number of nitrogens with zero attached hydrogens (tertiary/aromatic N) is 3. The van der Waals surface area contributed by atoms with Crippen molar-refractivity contribution in [1.29, 1.82) is 0 Å². The van der Waals surface area contributed by atoms with Crippen LogP contribution in [0.15, 0.2) is 42.9 Å². The number of amides is 2. The van der Waals surface area contributed by atoms with Crippen molar-refractivity contribution in [1.82, 2.24) is 30.4 Å². The fraction of sp³-hybridized carbons (Fsp3) is 0.350. The normalized spacial score (nSPS) is 16.8. The molecule has 0 bridgehead atoms. The maximum atomic E-state index is 12.7. The maximum Gasteiger partial charge on any atom is 0.317 e. The van der Waals surface area contributed by atoms with Gasteiger partial charge >= 0.3 is 6.03 Å². The lowest BCUT2D eigenvalue weighted by atomic mass is 9.98. The van der Waals surface area contributed by atoms with Gasteiger partial charge in [-0.2, -0.15) is 5.10 Å². The topological polar surface area (TPSA) is 98.9 Å². The number of aromatic amines is 2. The summed E-state index contributed by atoms with van der Waals surface area (Å²) in [6, 6.07) is 7.69. The van der Waals surface area contributed by atoms with Crippen molar-refractivity contribution in [3.63, 3.8) is 0 Å². The van der Waals surface area contributed by atoms with E-state index < -0.39 is 0 Å². The van der Waals surface area contributed by atoms with Crippen molar-refractivity contribution < 1.29 is 9.53 Å². The number of hydrogen-bond acceptors (Lipinski definition) is 4. The third kappa shape index (κ3) is 3.85. The monoisotopic (exact) mass is 380 g/mol. The van der Waals surface area contributed by atoms with Gasteiger partial charge in [0.25, 0.3) is 0 Å². The van der Waals surface area contributed by atoms with Crippen LogP contribution in [0, 0.1) is 0 Å². The van der Waals surface area contributed by atoms with Crippen molar-refractivity contribution in [3.8, 4) is 17.0 Å². The van der Waals surface area contributed by atoms with Gasteiger partial charge in [-0.05, 0) is 37.1 Å². The minimum Gasteiger partial charge on any atom is -0.497 e. The summed E-state index contributed by atoms with van der Waals surface area (Å²) in [5.41, 5.74) is 2.84. The van der Waals surface area contributed by atoms with Gasteiger partial charge in [-0.15, -0.1) is 0 Å². The van der Waals surface area contributed by atoms with E-state index in [4.69, 9.17) is 4.74 Å². The number of nitrogens with one attached hydrogen (secondary N) is 3. The highest BCUT2D eigenvalue weighted by Gasteiger charge is 2.26. The van der Waals surface area contributed by atoms with Crippen molar-refractivity contribution in [3.05, 3.63) is 54.2 Å². The van der Waals surface area contributed by atoms with Crippen molar-refractivity contribution >= 4 is 6.03 Å². The molecule has 0 aliphatic carbocycles. The number of carbonyl (C=O) groups is 1. The number of rotatable bonds is 5. The smallest absolute Gasteiger partial charge is 0.317 e. The second-order valence-electron chi connectivity index (χ2n) is 6.92. The molecule has 3 N–H and O–H groups in total. The van der Waals surface area contributed by atoms with Gasteiger partial charge < -0.3 is 19.9 Å². The molecule has 8 heteroatoms. The molecule has 1 aromatic carbocycles. The predicted molar refractivity (Wildman–Crippen MR) is 105 cm³/mol. The lowest BCUT2D eigenvalue weighted by Crippen LogP contribution is -2.44. The molecule has 4 rings (SSSR count). The summed E-state index contributed by atoms with van der Waals surface area (Å²) in [6.07, 6.45) is 7.35. The van der Waals surface area contributed by atoms with Crippen LogP contribution in [-0.4, -0.2) is 51.3 Å². The second-order valence-corrected chi connectivity index (χ2v) is 6.92. The molecule has 2 aromatic heterocycles. The summed E-state index contributed by atoms with van der Waals surface area (Å²) in [6.45, 7) is 1.86. The molecule has 2 amide bonds. The van der Waals surface area contributed by atoms with Crippen LogP contribution < -0.4 is 10.1 Å². The van der Waals surface area contributed by atoms with Crippen LogP contribution in [-0.2, 0) is 6.54 Å². The molecule has 0 radical (unpaired) electrons. The lowest BCUT2D eigenvalue weighted by Gasteiger charge is -2.31. The first kappa shape index (κ1) is 18.1. The fourth-order valence-corrected chi connectivity index (χ4v) is 3.62. The van der Waals surface area contributed by atoms with E-state index in [9.17, 15) is 4.79 Å². The molecule has 1 saturated heterocycles. The zero-order valence-electron chi connectivity index (χ0n) is 15.8. The number of H-pyrrole nitrogens is 2. The molecule has 0 saturated carbocycles. The summed E-state index contributed by atoms with van der Waals surface area (Å²) in [5, 5.41) is 10.2. The Hall–Kier alpha value is -3.29. The second kappa shape index (κ2) is 8.16. The van der Waals surface area contributed by atoms with Crippen molar-refractivity contribution in [2.24, 2.45) is 0 Å². The zero-order chi connectivity index (χ0) is 19.3. The van der Waals surface area contributed by atoms with Crippen LogP contribution in [0.2, 0.25) is 0 Å². The van der Waals surface area contributed by atoms with E-state index in [-0.39, 0.29) is 11.9 Å². The van der Waals surface area contributed by atoms with E-state index in [1.54, 1.807) is 19.5 Å². The molecule has 28 heavy (non-hydrogen) atoms. The molecule has 1 aliphatic rings. The van der Waals surface area contributed by atoms with Gasteiger partial charge in [0.05, 0.1) is 19.0 Å². The zero-order valence-corrected chi connectivity index (χ0v) is 15.8. The van der Waals surface area contributed by atoms with Gasteiger partial charge in [0.1, 0.15) is 11.6 Å². The summed E-state index contributed by atoms with van der Waals surface area (Å²) < 4.78 is 5.20. The Labute approximate surface area is 163 Å². The van der Waals surface area contributed by atoms with Crippen molar-refractivity contribution in [2.45, 2.75) is 25.3 Å². The summed E-state index contributed by atoms with van der Waals surface area (Å²) in [4.78, 5) is 22.0. The van der Waals surface area contributed by atoms with Gasteiger partial charge in [0.15, 0.2) is 0 Å². The van der Waals surface area contributed by atoms with E-state index in [0.29, 0.717) is 13.1 Å². The van der Waals surface area contributed by atoms with Crippen LogP contribution in [0.5, 0.6) is 5.75 Å². The van der Waals surface area contributed by atoms with Crippen LogP contribution in [0.4, 0.5) is 4.79 Å². The van der Waals surface area contributed by atoms with E-state index in [1.165, 1.54) is 0 Å². The Morgan fingerprint density at radius 3 is 2.96 bits per heavy atom. The number of piperidine rings is 1. The standard InChI is InChI=1S/C20H24N6O2/c1-28-17-6-4-14(5-7-17)18-16(12-24-25-18)11-23-20(27)26-10-2-3-15(13-26)19-21-8-9-22-19/h4-9,12,15H,2-3,10-11,13H2,1H3,(H,21,22)(H,23,27)(H,24,25)/t15-/m0/s1. The number of aromatic nitrogens is 4. The Balaban J connectivity index is 1.38. The molecular formula is C20H24N6O2. The molecule has 146 valence electrons. The average Bonchev–Trinajstić information content (AvgIpc) is 3.44. The van der Waals surface area contributed by atoms with Gasteiger partial charge in [-0.25, -0.2) is 9.78 Å². The minimum atomic E-state index is -0.0573. The third-order valence-electron chi connectivity index (χ3n) is 5.14. The molecule has 0 spiro atoms. The van der Waals surface area contributed by atoms with Gasteiger partial charge in [-0.1, -0.05) is 0 Å². The summed E-state index contributed by atoms with van der Waals surface area (Å²) in [5.74, 6) is 2.02. The number of urea groups is 1. The number of hydrogen-bond donors (Lipinski definition) is 3. The highest BCUT2D eigenvalue weighted by atomic mass is 16.5. The number of ether oxygens (including phenoxy) is 1. The number of carbonyl (C=O) groups excluding carboxylic acids is 1. The van der Waals surface area contributed by atoms with Crippen LogP contribution >= 0.6 is 0 Å². The molecular weight excluding hydrogens is 356 g/mol. The van der Waals surface area contributed by atoms with E-state index in [0.717, 1.165) is 47.8 Å². The molecule has 1 atom stereocenters. The summed E-state index contributed by atoms with van der Waals surface area (Å²) in [7, 11) is 1.64. The molecule has 3 aromatic rings. The SMILES string of the molecule is COc1ccc(-c2[nH]ncc2CNC(=O)N2CCC[C@H](c3ncc[nH]3)C2)cc1. The maximum absolute atomic E-state index is 12.7. The van der Waals surface area contributed by atoms with Gasteiger partial charge in [-0.3, -0.25) is 5.10 Å².